The lowest BCUT2D eigenvalue weighted by atomic mass is 9.88. The summed E-state index contributed by atoms with van der Waals surface area (Å²) in [6.45, 7) is 4.51. The molecule has 1 aromatic rings. The van der Waals surface area contributed by atoms with Crippen LogP contribution in [0.25, 0.3) is 0 Å². The Hall–Kier alpha value is -2.16. The summed E-state index contributed by atoms with van der Waals surface area (Å²) in [6, 6.07) is 6.70. The second-order valence-corrected chi connectivity index (χ2v) is 7.32. The predicted octanol–water partition coefficient (Wildman–Crippen LogP) is 2.80. The smallest absolute Gasteiger partial charge is 0.309 e. The topological polar surface area (TPSA) is 134 Å². The van der Waals surface area contributed by atoms with E-state index in [1.807, 2.05) is 6.07 Å². The fourth-order valence-electron chi connectivity index (χ4n) is 3.08. The highest BCUT2D eigenvalue weighted by Crippen LogP contribution is 2.30. The molecule has 8 heteroatoms. The number of carboxylic acid groups (broad SMARTS) is 1. The SMILES string of the molecule is CO[C@@H](CC[C@H](C)[C@@H](OC(=O)C[C@@H](O)[C-](C)O)[C@@H](C)C(=O)O)c1cccc(O)c1. The standard InChI is InChI=1S/C21H31O8/c1-12(8-9-18(28-4)15-6-5-7-16(23)10-15)20(13(2)21(26)27)29-19(25)11-17(24)14(3)22/h5-7,10,12-13,17-18,20,22-24H,8-9,11H2,1-4H3,(H,26,27)/q-1/t12-,13+,17+,18-,20+/m0/s1. The Kier molecular flexibility index (Phi) is 10.1. The molecule has 0 aliphatic rings. The number of ether oxygens (including phenoxy) is 2. The highest BCUT2D eigenvalue weighted by Gasteiger charge is 2.32. The van der Waals surface area contributed by atoms with Gasteiger partial charge in [0.25, 0.3) is 0 Å². The van der Waals surface area contributed by atoms with E-state index in [-0.39, 0.29) is 23.9 Å². The van der Waals surface area contributed by atoms with E-state index in [0.717, 1.165) is 5.56 Å². The van der Waals surface area contributed by atoms with E-state index in [0.29, 0.717) is 12.8 Å². The van der Waals surface area contributed by atoms with Crippen molar-refractivity contribution in [1.29, 1.82) is 0 Å². The summed E-state index contributed by atoms with van der Waals surface area (Å²) in [6.07, 6.45) is -2.33. The van der Waals surface area contributed by atoms with E-state index in [1.165, 1.54) is 13.8 Å². The maximum atomic E-state index is 12.1. The molecule has 0 unspecified atom stereocenters. The van der Waals surface area contributed by atoms with Crippen LogP contribution in [0.1, 0.15) is 51.7 Å². The molecular weight excluding hydrogens is 380 g/mol. The first-order valence-electron chi connectivity index (χ1n) is 9.51. The Morgan fingerprint density at radius 3 is 2.38 bits per heavy atom. The normalized spacial score (nSPS) is 16.7. The van der Waals surface area contributed by atoms with Crippen molar-refractivity contribution >= 4 is 11.9 Å². The van der Waals surface area contributed by atoms with E-state index < -0.39 is 36.5 Å². The number of carboxylic acids is 1. The lowest BCUT2D eigenvalue weighted by Crippen LogP contribution is -2.37. The summed E-state index contributed by atoms with van der Waals surface area (Å²) in [5, 5.41) is 37.9. The molecule has 0 spiro atoms. The van der Waals surface area contributed by atoms with Crippen molar-refractivity contribution in [2.75, 3.05) is 7.11 Å². The van der Waals surface area contributed by atoms with Gasteiger partial charge in [-0.1, -0.05) is 19.1 Å². The van der Waals surface area contributed by atoms with Gasteiger partial charge >= 0.3 is 11.9 Å². The van der Waals surface area contributed by atoms with Gasteiger partial charge in [0.05, 0.1) is 12.0 Å². The molecule has 0 amide bonds. The second kappa shape index (κ2) is 11.7. The molecule has 0 saturated carbocycles. The molecule has 4 N–H and O–H groups in total. The van der Waals surface area contributed by atoms with E-state index in [9.17, 15) is 30.0 Å². The van der Waals surface area contributed by atoms with Crippen LogP contribution in [0, 0.1) is 17.9 Å². The Morgan fingerprint density at radius 1 is 1.21 bits per heavy atom. The first kappa shape index (κ1) is 24.9. The Labute approximate surface area is 171 Å². The van der Waals surface area contributed by atoms with Crippen LogP contribution in [-0.2, 0) is 19.1 Å². The molecule has 29 heavy (non-hydrogen) atoms. The van der Waals surface area contributed by atoms with E-state index in [2.05, 4.69) is 0 Å². The van der Waals surface area contributed by atoms with Crippen LogP contribution in [0.5, 0.6) is 5.75 Å². The van der Waals surface area contributed by atoms with Crippen LogP contribution in [0.2, 0.25) is 0 Å². The molecule has 0 bridgehead atoms. The number of phenols is 1. The molecule has 0 fully saturated rings. The molecule has 1 aromatic carbocycles. The van der Waals surface area contributed by atoms with E-state index >= 15 is 0 Å². The van der Waals surface area contributed by atoms with Crippen molar-refractivity contribution in [1.82, 2.24) is 0 Å². The number of aliphatic hydroxyl groups excluding tert-OH is 2. The summed E-state index contributed by atoms with van der Waals surface area (Å²) >= 11 is 0. The summed E-state index contributed by atoms with van der Waals surface area (Å²) < 4.78 is 10.9. The number of carbonyl (C=O) groups is 2. The number of hydrogen-bond donors (Lipinski definition) is 4. The fourth-order valence-corrected chi connectivity index (χ4v) is 3.08. The summed E-state index contributed by atoms with van der Waals surface area (Å²) in [5.74, 6) is -3.02. The highest BCUT2D eigenvalue weighted by atomic mass is 16.5. The van der Waals surface area contributed by atoms with Gasteiger partial charge in [-0.15, -0.1) is 0 Å². The molecule has 0 radical (unpaired) electrons. The number of aliphatic carboxylic acids is 1. The zero-order chi connectivity index (χ0) is 22.1. The van der Waals surface area contributed by atoms with E-state index in [1.54, 1.807) is 32.2 Å². The highest BCUT2D eigenvalue weighted by molar-refractivity contribution is 5.73. The molecule has 0 aliphatic heterocycles. The van der Waals surface area contributed by atoms with Crippen molar-refractivity contribution < 1.29 is 39.5 Å². The number of aromatic hydroxyl groups is 1. The molecule has 0 heterocycles. The number of esters is 1. The summed E-state index contributed by atoms with van der Waals surface area (Å²) in [4.78, 5) is 23.6. The zero-order valence-corrected chi connectivity index (χ0v) is 17.2. The minimum absolute atomic E-state index is 0.124. The van der Waals surface area contributed by atoms with Gasteiger partial charge in [-0.05, 0) is 49.5 Å². The van der Waals surface area contributed by atoms with Gasteiger partial charge in [-0.2, -0.15) is 13.0 Å². The van der Waals surface area contributed by atoms with Gasteiger partial charge in [-0.25, -0.2) is 0 Å². The van der Waals surface area contributed by atoms with Crippen LogP contribution in [0.15, 0.2) is 24.3 Å². The van der Waals surface area contributed by atoms with Crippen molar-refractivity contribution in [3.05, 3.63) is 35.9 Å². The molecule has 0 saturated heterocycles. The van der Waals surface area contributed by atoms with Crippen LogP contribution < -0.4 is 0 Å². The number of aliphatic hydroxyl groups is 2. The third-order valence-electron chi connectivity index (χ3n) is 4.96. The number of hydrogen-bond acceptors (Lipinski definition) is 7. The van der Waals surface area contributed by atoms with Crippen molar-refractivity contribution in [3.63, 3.8) is 0 Å². The van der Waals surface area contributed by atoms with E-state index in [4.69, 9.17) is 9.47 Å². The van der Waals surface area contributed by atoms with Gasteiger partial charge in [0.15, 0.2) is 0 Å². The first-order chi connectivity index (χ1) is 13.6. The van der Waals surface area contributed by atoms with Crippen LogP contribution in [0.4, 0.5) is 0 Å². The van der Waals surface area contributed by atoms with Crippen molar-refractivity contribution in [2.45, 2.75) is 58.3 Å². The molecular formula is C21H31O8-. The van der Waals surface area contributed by atoms with Crippen LogP contribution in [0.3, 0.4) is 0 Å². The fraction of sp³-hybridized carbons (Fsp3) is 0.571. The maximum Gasteiger partial charge on any atom is 0.309 e. The number of methoxy groups -OCH3 is 1. The molecule has 5 atom stereocenters. The van der Waals surface area contributed by atoms with Crippen LogP contribution >= 0.6 is 0 Å². The number of rotatable bonds is 12. The second-order valence-electron chi connectivity index (χ2n) is 7.32. The number of benzene rings is 1. The molecule has 0 aromatic heterocycles. The average molecular weight is 411 g/mol. The molecule has 0 aliphatic carbocycles. The third-order valence-corrected chi connectivity index (χ3v) is 4.96. The average Bonchev–Trinajstić information content (AvgIpc) is 2.65. The summed E-state index contributed by atoms with van der Waals surface area (Å²) in [7, 11) is 1.55. The van der Waals surface area contributed by atoms with Gasteiger partial charge < -0.3 is 29.9 Å². The first-order valence-corrected chi connectivity index (χ1v) is 9.51. The minimum Gasteiger partial charge on any atom is -0.561 e. The Bertz CT molecular complexity index is 660. The lowest BCUT2D eigenvalue weighted by Gasteiger charge is -2.30. The van der Waals surface area contributed by atoms with Gasteiger partial charge in [0, 0.05) is 13.5 Å². The van der Waals surface area contributed by atoms with Crippen LogP contribution in [-0.4, -0.2) is 51.7 Å². The monoisotopic (exact) mass is 411 g/mol. The molecule has 164 valence electrons. The van der Waals surface area contributed by atoms with Crippen molar-refractivity contribution in [3.8, 4) is 5.75 Å². The maximum absolute atomic E-state index is 12.1. The zero-order valence-electron chi connectivity index (χ0n) is 17.2. The largest absolute Gasteiger partial charge is 0.561 e. The lowest BCUT2D eigenvalue weighted by molar-refractivity contribution is -0.163. The van der Waals surface area contributed by atoms with Gasteiger partial charge in [0.1, 0.15) is 11.9 Å². The minimum atomic E-state index is -1.36. The Balaban J connectivity index is 2.81. The predicted molar refractivity (Wildman–Crippen MR) is 104 cm³/mol. The summed E-state index contributed by atoms with van der Waals surface area (Å²) in [5.41, 5.74) is 0.789. The molecule has 8 nitrogen and oxygen atoms in total. The Morgan fingerprint density at radius 2 is 1.86 bits per heavy atom. The third kappa shape index (κ3) is 8.00. The quantitative estimate of drug-likeness (QED) is 0.305. The molecule has 1 rings (SSSR count). The van der Waals surface area contributed by atoms with Crippen molar-refractivity contribution in [2.24, 2.45) is 11.8 Å². The number of phenolic OH excluding ortho intramolecular Hbond substituents is 1. The van der Waals surface area contributed by atoms with Gasteiger partial charge in [-0.3, -0.25) is 9.59 Å². The number of carbonyl (C=O) groups excluding carboxylic acids is 1. The van der Waals surface area contributed by atoms with Gasteiger partial charge in [0.2, 0.25) is 0 Å².